The molecule has 0 aliphatic heterocycles. The van der Waals surface area contributed by atoms with Gasteiger partial charge in [-0.3, -0.25) is 0 Å². The Labute approximate surface area is 165 Å². The summed E-state index contributed by atoms with van der Waals surface area (Å²) < 4.78 is 12.8. The Bertz CT molecular complexity index is 1120. The Hall–Kier alpha value is -2.58. The molecule has 0 spiro atoms. The summed E-state index contributed by atoms with van der Waals surface area (Å²) in [5.74, 6) is 2.15. The third-order valence-corrected chi connectivity index (χ3v) is 6.11. The normalized spacial score (nSPS) is 11.1. The van der Waals surface area contributed by atoms with E-state index >= 15 is 0 Å². The number of hydrogen-bond acceptors (Lipinski definition) is 7. The predicted molar refractivity (Wildman–Crippen MR) is 108 cm³/mol. The number of aromatic nitrogens is 4. The Balaban J connectivity index is 1.88. The topological polar surface area (TPSA) is 62.1 Å². The highest BCUT2D eigenvalue weighted by Gasteiger charge is 2.18. The largest absolute Gasteiger partial charge is 0.493 e. The summed E-state index contributed by atoms with van der Waals surface area (Å²) in [6, 6.07) is 5.92. The lowest BCUT2D eigenvalue weighted by Crippen LogP contribution is -1.95. The molecule has 3 aromatic heterocycles. The van der Waals surface area contributed by atoms with Crippen LogP contribution in [0.25, 0.3) is 21.3 Å². The van der Waals surface area contributed by atoms with Gasteiger partial charge in [0, 0.05) is 30.4 Å². The third-order valence-electron chi connectivity index (χ3n) is 4.17. The van der Waals surface area contributed by atoms with Gasteiger partial charge in [0.25, 0.3) is 0 Å². The highest BCUT2D eigenvalue weighted by molar-refractivity contribution is 7.99. The Kier molecular flexibility index (Phi) is 4.75. The molecule has 0 amide bonds. The van der Waals surface area contributed by atoms with Gasteiger partial charge in [0.2, 0.25) is 0 Å². The highest BCUT2D eigenvalue weighted by atomic mass is 32.2. The number of methoxy groups -OCH3 is 2. The molecule has 1 aromatic carbocycles. The summed E-state index contributed by atoms with van der Waals surface area (Å²) >= 11 is 3.16. The minimum Gasteiger partial charge on any atom is -0.493 e. The van der Waals surface area contributed by atoms with E-state index < -0.39 is 0 Å². The van der Waals surface area contributed by atoms with Crippen molar-refractivity contribution in [2.75, 3.05) is 14.2 Å². The van der Waals surface area contributed by atoms with Crippen molar-refractivity contribution in [2.45, 2.75) is 17.1 Å². The number of thiophene rings is 1. The summed E-state index contributed by atoms with van der Waals surface area (Å²) in [6.45, 7) is 1.91. The standard InChI is InChI=1S/C19H18N4O2S2/c1-11-21-17-16(18(22-11)27-19-20-7-8-23(19)2)13(10-26-17)12-5-6-14(24-3)15(9-12)25-4/h5-10H,1-4H3. The van der Waals surface area contributed by atoms with E-state index in [1.165, 1.54) is 0 Å². The number of nitrogens with zero attached hydrogens (tertiary/aromatic N) is 4. The van der Waals surface area contributed by atoms with E-state index in [4.69, 9.17) is 14.5 Å². The third kappa shape index (κ3) is 3.26. The average Bonchev–Trinajstić information content (AvgIpc) is 3.27. The van der Waals surface area contributed by atoms with Crippen molar-refractivity contribution in [3.63, 3.8) is 0 Å². The van der Waals surface area contributed by atoms with E-state index in [-0.39, 0.29) is 0 Å². The van der Waals surface area contributed by atoms with Crippen LogP contribution in [0.2, 0.25) is 0 Å². The van der Waals surface area contributed by atoms with Crippen LogP contribution in [0.15, 0.2) is 46.2 Å². The zero-order valence-corrected chi connectivity index (χ0v) is 17.0. The molecule has 6 nitrogen and oxygen atoms in total. The Morgan fingerprint density at radius 3 is 2.63 bits per heavy atom. The number of rotatable bonds is 5. The number of aryl methyl sites for hydroxylation is 2. The van der Waals surface area contributed by atoms with Crippen LogP contribution >= 0.6 is 23.1 Å². The van der Waals surface area contributed by atoms with E-state index in [1.54, 1.807) is 43.5 Å². The molecule has 0 aliphatic rings. The van der Waals surface area contributed by atoms with Crippen LogP contribution < -0.4 is 9.47 Å². The fourth-order valence-corrected chi connectivity index (χ4v) is 4.87. The minimum atomic E-state index is 0.695. The van der Waals surface area contributed by atoms with Crippen molar-refractivity contribution < 1.29 is 9.47 Å². The SMILES string of the molecule is COc1ccc(-c2csc3nc(C)nc(Sc4nccn4C)c23)cc1OC. The fraction of sp³-hybridized carbons (Fsp3) is 0.211. The average molecular weight is 399 g/mol. The molecule has 0 saturated carbocycles. The molecule has 138 valence electrons. The maximum absolute atomic E-state index is 5.47. The lowest BCUT2D eigenvalue weighted by molar-refractivity contribution is 0.355. The van der Waals surface area contributed by atoms with Gasteiger partial charge in [-0.1, -0.05) is 6.07 Å². The molecular weight excluding hydrogens is 380 g/mol. The maximum atomic E-state index is 5.47. The maximum Gasteiger partial charge on any atom is 0.174 e. The Morgan fingerprint density at radius 1 is 1.11 bits per heavy atom. The molecule has 4 aromatic rings. The van der Waals surface area contributed by atoms with Crippen LogP contribution in [0.1, 0.15) is 5.82 Å². The van der Waals surface area contributed by atoms with Crippen molar-refractivity contribution in [3.05, 3.63) is 41.8 Å². The number of hydrogen-bond donors (Lipinski definition) is 0. The lowest BCUT2D eigenvalue weighted by Gasteiger charge is -2.10. The smallest absolute Gasteiger partial charge is 0.174 e. The highest BCUT2D eigenvalue weighted by Crippen LogP contribution is 2.42. The van der Waals surface area contributed by atoms with Crippen molar-refractivity contribution in [1.29, 1.82) is 0 Å². The van der Waals surface area contributed by atoms with Gasteiger partial charge in [-0.15, -0.1) is 11.3 Å². The number of imidazole rings is 1. The van der Waals surface area contributed by atoms with Gasteiger partial charge in [0.05, 0.1) is 19.6 Å². The van der Waals surface area contributed by atoms with E-state index in [2.05, 4.69) is 15.3 Å². The molecular formula is C19H18N4O2S2. The summed E-state index contributed by atoms with van der Waals surface area (Å²) in [5, 5.41) is 4.94. The van der Waals surface area contributed by atoms with Crippen molar-refractivity contribution in [1.82, 2.24) is 19.5 Å². The zero-order valence-electron chi connectivity index (χ0n) is 15.4. The molecule has 0 bridgehead atoms. The van der Waals surface area contributed by atoms with Crippen molar-refractivity contribution >= 4 is 33.3 Å². The second-order valence-electron chi connectivity index (χ2n) is 5.90. The first kappa shape index (κ1) is 17.8. The molecule has 0 fully saturated rings. The molecule has 0 unspecified atom stereocenters. The van der Waals surface area contributed by atoms with E-state index in [0.29, 0.717) is 11.5 Å². The van der Waals surface area contributed by atoms with Gasteiger partial charge in [-0.2, -0.15) is 0 Å². The summed E-state index contributed by atoms with van der Waals surface area (Å²) in [6.07, 6.45) is 3.72. The van der Waals surface area contributed by atoms with E-state index in [1.807, 2.05) is 42.9 Å². The van der Waals surface area contributed by atoms with E-state index in [0.717, 1.165) is 37.4 Å². The van der Waals surface area contributed by atoms with Gasteiger partial charge in [0.1, 0.15) is 15.7 Å². The van der Waals surface area contributed by atoms with Gasteiger partial charge in [0.15, 0.2) is 16.7 Å². The minimum absolute atomic E-state index is 0.695. The molecule has 4 rings (SSSR count). The Morgan fingerprint density at radius 2 is 1.93 bits per heavy atom. The van der Waals surface area contributed by atoms with Gasteiger partial charge in [-0.25, -0.2) is 15.0 Å². The fourth-order valence-electron chi connectivity index (χ4n) is 2.84. The molecule has 0 saturated heterocycles. The molecule has 0 atom stereocenters. The molecule has 0 aliphatic carbocycles. The lowest BCUT2D eigenvalue weighted by atomic mass is 10.1. The summed E-state index contributed by atoms with van der Waals surface area (Å²) in [4.78, 5) is 14.7. The first-order valence-corrected chi connectivity index (χ1v) is 9.93. The van der Waals surface area contributed by atoms with Gasteiger partial charge >= 0.3 is 0 Å². The van der Waals surface area contributed by atoms with Crippen LogP contribution in [-0.2, 0) is 7.05 Å². The van der Waals surface area contributed by atoms with Gasteiger partial charge in [-0.05, 0) is 36.4 Å². The van der Waals surface area contributed by atoms with Gasteiger partial charge < -0.3 is 14.0 Å². The van der Waals surface area contributed by atoms with Crippen LogP contribution in [0.5, 0.6) is 11.5 Å². The number of benzene rings is 1. The molecule has 0 radical (unpaired) electrons. The summed E-state index contributed by atoms with van der Waals surface area (Å²) in [5.41, 5.74) is 2.11. The van der Waals surface area contributed by atoms with E-state index in [9.17, 15) is 0 Å². The summed E-state index contributed by atoms with van der Waals surface area (Å²) in [7, 11) is 5.25. The second-order valence-corrected chi connectivity index (χ2v) is 7.71. The molecule has 27 heavy (non-hydrogen) atoms. The number of fused-ring (bicyclic) bond motifs is 1. The molecule has 0 N–H and O–H groups in total. The van der Waals surface area contributed by atoms with Crippen LogP contribution in [0.3, 0.4) is 0 Å². The first-order chi connectivity index (χ1) is 13.1. The molecule has 8 heteroatoms. The van der Waals surface area contributed by atoms with Crippen LogP contribution in [0.4, 0.5) is 0 Å². The predicted octanol–water partition coefficient (Wildman–Crippen LogP) is 4.57. The monoisotopic (exact) mass is 398 g/mol. The molecule has 3 heterocycles. The second kappa shape index (κ2) is 7.21. The van der Waals surface area contributed by atoms with Crippen LogP contribution in [0, 0.1) is 6.92 Å². The zero-order chi connectivity index (χ0) is 19.0. The quantitative estimate of drug-likeness (QED) is 0.459. The van der Waals surface area contributed by atoms with Crippen LogP contribution in [-0.4, -0.2) is 33.7 Å². The number of ether oxygens (including phenoxy) is 2. The van der Waals surface area contributed by atoms with Crippen molar-refractivity contribution in [3.8, 4) is 22.6 Å². The van der Waals surface area contributed by atoms with Crippen molar-refractivity contribution in [2.24, 2.45) is 7.05 Å². The first-order valence-electron chi connectivity index (χ1n) is 8.24.